The molecule has 7 amide bonds. The highest BCUT2D eigenvalue weighted by Crippen LogP contribution is 2.23. The first-order valence-corrected chi connectivity index (χ1v) is 30.5. The highest BCUT2D eigenvalue weighted by Gasteiger charge is 2.42. The molecule has 2 aromatic rings. The van der Waals surface area contributed by atoms with E-state index in [1.807, 2.05) is 81.4 Å². The predicted octanol–water partition coefficient (Wildman–Crippen LogP) is 4.82. The third kappa shape index (κ3) is 30.0. The van der Waals surface area contributed by atoms with Gasteiger partial charge in [0.05, 0.1) is 104 Å². The number of carboxylic acid groups (broad SMARTS) is 2. The molecule has 0 radical (unpaired) electrons. The second-order valence-electron chi connectivity index (χ2n) is 27.0. The number of benzene rings is 2. The number of hydrogen-bond donors (Lipinski definition) is 3. The van der Waals surface area contributed by atoms with Crippen LogP contribution in [0.25, 0.3) is 0 Å². The summed E-state index contributed by atoms with van der Waals surface area (Å²) in [5.74, 6) is -3.15. The number of amides is 7. The van der Waals surface area contributed by atoms with Crippen molar-refractivity contribution in [1.29, 1.82) is 0 Å². The normalized spacial score (nSPS) is 21.7. The molecule has 0 unspecified atom stereocenters. The van der Waals surface area contributed by atoms with E-state index in [4.69, 9.17) is 52.5 Å². The van der Waals surface area contributed by atoms with Crippen molar-refractivity contribution < 1.29 is 106 Å². The average Bonchev–Trinajstić information content (AvgIpc) is 0.879. The summed E-state index contributed by atoms with van der Waals surface area (Å²) in [5.41, 5.74) is -0.487. The summed E-state index contributed by atoms with van der Waals surface area (Å²) < 4.78 is 54.8. The Morgan fingerprint density at radius 3 is 0.925 bits per heavy atom. The van der Waals surface area contributed by atoms with Crippen LogP contribution in [0.4, 0.5) is 19.2 Å². The summed E-state index contributed by atoms with van der Waals surface area (Å²) in [6.45, 7) is 23.1. The number of carbonyl (C=O) groups is 9. The minimum Gasteiger partial charge on any atom is -0.479 e. The number of aliphatic carboxylic acids is 2. The summed E-state index contributed by atoms with van der Waals surface area (Å²) >= 11 is 0. The zero-order chi connectivity index (χ0) is 70.3. The molecular weight excluding hydrogens is 1220 g/mol. The third-order valence-corrected chi connectivity index (χ3v) is 12.9. The van der Waals surface area contributed by atoms with Crippen molar-refractivity contribution in [3.05, 3.63) is 71.8 Å². The molecule has 0 saturated carbocycles. The van der Waals surface area contributed by atoms with Gasteiger partial charge in [0.1, 0.15) is 22.4 Å². The predicted molar refractivity (Wildman–Crippen MR) is 337 cm³/mol. The number of aliphatic hydroxyl groups excluding tert-OH is 1. The van der Waals surface area contributed by atoms with Crippen molar-refractivity contribution in [1.82, 2.24) is 34.3 Å². The lowest BCUT2D eigenvalue weighted by Gasteiger charge is -2.38. The van der Waals surface area contributed by atoms with Crippen molar-refractivity contribution in [3.63, 3.8) is 0 Å². The number of aliphatic hydroxyl groups is 1. The first-order valence-electron chi connectivity index (χ1n) is 30.5. The lowest BCUT2D eigenvalue weighted by Crippen LogP contribution is -2.57. The Hall–Kier alpha value is -7.41. The maximum atomic E-state index is 12.5. The smallest absolute Gasteiger partial charge is 0.410 e. The largest absolute Gasteiger partial charge is 0.479 e. The Bertz CT molecular complexity index is 2730. The van der Waals surface area contributed by atoms with Crippen LogP contribution in [0.15, 0.2) is 60.7 Å². The Balaban J connectivity index is 0.000000326. The van der Waals surface area contributed by atoms with Gasteiger partial charge < -0.3 is 97.0 Å². The van der Waals surface area contributed by atoms with Gasteiger partial charge in [-0.3, -0.25) is 14.4 Å². The van der Waals surface area contributed by atoms with Crippen molar-refractivity contribution in [2.75, 3.05) is 114 Å². The second-order valence-corrected chi connectivity index (χ2v) is 27.0. The minimum absolute atomic E-state index is 0.0320. The van der Waals surface area contributed by atoms with Crippen LogP contribution in [-0.4, -0.2) is 289 Å². The standard InChI is InChI=1S/C20H30N2O5.C18H25NO6.C13H22N2O6.C13H24N2O5/c1-20(2,3)27-19(24)22-11-16(26-17(12-22)18(23)21(4)5)14-25-13-15-9-7-6-8-10-15;1-18(2,3)25-17(22)19-9-14(24-15(10-19)16(20)21)12-23-11-13-7-5-4-6-8-13;1-13(2,3)21-12(19)15-6-8(10(16)14(4)5)20-9(7-15)11(17)18;1-13(2,3)20-12(18)15-6-9(8-16)19-10(7-15)11(17)14(4)5/h6-10,16-17H,11-14H2,1-5H3;4-8,14-15H,9-12H2,1-3H3,(H,20,21);8-9H,6-7H2,1-5H3,(H,17,18);9-10,16H,6-8H2,1-5H3/t16-,17+;14-,15+;8-,9+;9-,10+/m1101/s1. The van der Waals surface area contributed by atoms with Crippen LogP contribution < -0.4 is 0 Å². The van der Waals surface area contributed by atoms with Gasteiger partial charge in [-0.25, -0.2) is 28.8 Å². The highest BCUT2D eigenvalue weighted by atomic mass is 16.6. The molecule has 524 valence electrons. The molecule has 0 aromatic heterocycles. The number of nitrogens with zero attached hydrogens (tertiary/aromatic N) is 7. The van der Waals surface area contributed by atoms with Crippen molar-refractivity contribution in [3.8, 4) is 0 Å². The summed E-state index contributed by atoms with van der Waals surface area (Å²) in [7, 11) is 9.64. The molecule has 4 aliphatic rings. The number of rotatable bonds is 14. The average molecular weight is 1320 g/mol. The third-order valence-electron chi connectivity index (χ3n) is 12.9. The minimum atomic E-state index is -1.25. The zero-order valence-electron chi connectivity index (χ0n) is 57.3. The summed E-state index contributed by atoms with van der Waals surface area (Å²) in [4.78, 5) is 117. The van der Waals surface area contributed by atoms with E-state index in [0.29, 0.717) is 19.8 Å². The summed E-state index contributed by atoms with van der Waals surface area (Å²) in [6, 6.07) is 19.4. The lowest BCUT2D eigenvalue weighted by molar-refractivity contribution is -0.171. The van der Waals surface area contributed by atoms with Crippen molar-refractivity contribution in [2.45, 2.75) is 168 Å². The number of morpholine rings is 4. The molecule has 4 aliphatic heterocycles. The Kier molecular flexibility index (Phi) is 31.2. The zero-order valence-corrected chi connectivity index (χ0v) is 57.3. The Labute approximate surface area is 546 Å². The van der Waals surface area contributed by atoms with Crippen molar-refractivity contribution in [2.24, 2.45) is 0 Å². The fourth-order valence-electron chi connectivity index (χ4n) is 8.77. The molecule has 2 aromatic carbocycles. The van der Waals surface area contributed by atoms with Crippen LogP contribution in [-0.2, 0) is 84.6 Å². The molecule has 93 heavy (non-hydrogen) atoms. The van der Waals surface area contributed by atoms with Gasteiger partial charge in [0.2, 0.25) is 0 Å². The van der Waals surface area contributed by atoms with E-state index < -0.39 is 113 Å². The van der Waals surface area contributed by atoms with Crippen LogP contribution >= 0.6 is 0 Å². The van der Waals surface area contributed by atoms with Gasteiger partial charge in [0, 0.05) is 42.3 Å². The molecule has 29 nitrogen and oxygen atoms in total. The van der Waals surface area contributed by atoms with Crippen LogP contribution in [0.3, 0.4) is 0 Å². The van der Waals surface area contributed by atoms with E-state index in [1.54, 1.807) is 90.5 Å². The number of carbonyl (C=O) groups excluding carboxylic acids is 7. The molecule has 0 spiro atoms. The van der Waals surface area contributed by atoms with Crippen molar-refractivity contribution >= 4 is 54.0 Å². The van der Waals surface area contributed by atoms with E-state index >= 15 is 0 Å². The molecule has 4 fully saturated rings. The van der Waals surface area contributed by atoms with E-state index in [0.717, 1.165) is 11.1 Å². The Morgan fingerprint density at radius 2 is 0.645 bits per heavy atom. The number of likely N-dealkylation sites (N-methyl/N-ethyl adjacent to an activating group) is 3. The van der Waals surface area contributed by atoms with E-state index in [1.165, 1.54) is 48.4 Å². The topological polar surface area (TPSA) is 329 Å². The van der Waals surface area contributed by atoms with Crippen LogP contribution in [0.2, 0.25) is 0 Å². The molecule has 0 aliphatic carbocycles. The molecule has 6 rings (SSSR count). The summed E-state index contributed by atoms with van der Waals surface area (Å²) in [6.07, 6.45) is -8.51. The highest BCUT2D eigenvalue weighted by molar-refractivity contribution is 5.84. The van der Waals surface area contributed by atoms with E-state index in [2.05, 4.69) is 0 Å². The molecule has 4 heterocycles. The van der Waals surface area contributed by atoms with Crippen LogP contribution in [0, 0.1) is 0 Å². The van der Waals surface area contributed by atoms with E-state index in [-0.39, 0.29) is 77.4 Å². The first kappa shape index (κ1) is 79.8. The molecule has 4 saturated heterocycles. The number of hydrogen-bond acceptors (Lipinski definition) is 20. The molecule has 0 bridgehead atoms. The maximum absolute atomic E-state index is 12.5. The quantitative estimate of drug-likeness (QED) is 0.213. The number of ether oxygens (including phenoxy) is 10. The molecular formula is C64H101N7O22. The molecule has 29 heteroatoms. The van der Waals surface area contributed by atoms with Gasteiger partial charge in [-0.05, 0) is 94.2 Å². The van der Waals surface area contributed by atoms with Crippen LogP contribution in [0.5, 0.6) is 0 Å². The summed E-state index contributed by atoms with van der Waals surface area (Å²) in [5, 5.41) is 27.6. The second kappa shape index (κ2) is 36.3. The molecule has 3 N–H and O–H groups in total. The SMILES string of the molecule is CC(C)(C)OC(=O)N1C[C@H](COCc2ccccc2)O[C@H](C(=O)O)C1.CN(C)C(=O)[C@@H]1CN(C(=O)OC(C)(C)C)C[C@H](C(=O)O)O1.CN(C)C(=O)[C@@H]1CN(C(=O)OC(C)(C)C)C[C@H](CO)O1.CN(C)C(=O)[C@@H]1CN(C(=O)OC(C)(C)C)C[C@H](COCc2ccccc2)O1. The fourth-order valence-corrected chi connectivity index (χ4v) is 8.77. The van der Waals surface area contributed by atoms with Gasteiger partial charge in [0.25, 0.3) is 17.7 Å². The van der Waals surface area contributed by atoms with Gasteiger partial charge in [0.15, 0.2) is 30.5 Å². The van der Waals surface area contributed by atoms with E-state index in [9.17, 15) is 53.4 Å². The lowest BCUT2D eigenvalue weighted by atomic mass is 10.2. The van der Waals surface area contributed by atoms with Gasteiger partial charge in [-0.15, -0.1) is 0 Å². The fraction of sp³-hybridized carbons (Fsp3) is 0.672. The van der Waals surface area contributed by atoms with Gasteiger partial charge in [-0.2, -0.15) is 0 Å². The monoisotopic (exact) mass is 1320 g/mol. The van der Waals surface area contributed by atoms with Gasteiger partial charge in [-0.1, -0.05) is 60.7 Å². The van der Waals surface area contributed by atoms with Crippen LogP contribution in [0.1, 0.15) is 94.2 Å². The number of carboxylic acids is 2. The Morgan fingerprint density at radius 1 is 0.398 bits per heavy atom. The van der Waals surface area contributed by atoms with Gasteiger partial charge >= 0.3 is 36.3 Å². The molecule has 8 atom stereocenters. The first-order chi connectivity index (χ1) is 43.0. The maximum Gasteiger partial charge on any atom is 0.410 e.